The van der Waals surface area contributed by atoms with Crippen LogP contribution in [0.4, 0.5) is 4.39 Å². The van der Waals surface area contributed by atoms with E-state index in [4.69, 9.17) is 11.6 Å². The Morgan fingerprint density at radius 1 is 1.29 bits per heavy atom. The van der Waals surface area contributed by atoms with E-state index in [2.05, 4.69) is 20.9 Å². The Balaban J connectivity index is 2.16. The molecule has 1 heterocycles. The molecule has 0 bridgehead atoms. The molecule has 0 fully saturated rings. The molecule has 1 aromatic heterocycles. The van der Waals surface area contributed by atoms with E-state index in [0.29, 0.717) is 17.1 Å². The summed E-state index contributed by atoms with van der Waals surface area (Å²) in [5, 5.41) is 0.317. The molecule has 1 atom stereocenters. The Bertz CT molecular complexity index is 504. The van der Waals surface area contributed by atoms with Crippen molar-refractivity contribution in [2.75, 3.05) is 0 Å². The van der Waals surface area contributed by atoms with Crippen LogP contribution < -0.4 is 0 Å². The van der Waals surface area contributed by atoms with Crippen molar-refractivity contribution in [1.29, 1.82) is 0 Å². The van der Waals surface area contributed by atoms with E-state index in [1.807, 2.05) is 30.3 Å². The third kappa shape index (κ3) is 3.27. The van der Waals surface area contributed by atoms with Crippen molar-refractivity contribution < 1.29 is 4.39 Å². The molecule has 0 saturated heterocycles. The van der Waals surface area contributed by atoms with E-state index < -0.39 is 0 Å². The van der Waals surface area contributed by atoms with Gasteiger partial charge in [0.2, 0.25) is 0 Å². The first-order valence-corrected chi connectivity index (χ1v) is 6.45. The molecule has 1 nitrogen and oxygen atoms in total. The maximum atomic E-state index is 13.6. The second-order valence-electron chi connectivity index (χ2n) is 3.66. The van der Waals surface area contributed by atoms with Crippen LogP contribution in [0.25, 0.3) is 0 Å². The largest absolute Gasteiger partial charge is 0.257 e. The molecule has 0 amide bonds. The fourth-order valence-corrected chi connectivity index (χ4v) is 2.30. The number of benzene rings is 1. The highest BCUT2D eigenvalue weighted by Gasteiger charge is 2.12. The number of alkyl halides is 1. The van der Waals surface area contributed by atoms with Gasteiger partial charge in [0, 0.05) is 17.4 Å². The highest BCUT2D eigenvalue weighted by Crippen LogP contribution is 2.27. The fourth-order valence-electron chi connectivity index (χ4n) is 1.54. The number of nitrogens with zero attached hydrogens (tertiary/aromatic N) is 1. The zero-order valence-electron chi connectivity index (χ0n) is 8.91. The Kier molecular flexibility index (Phi) is 4.13. The third-order valence-corrected chi connectivity index (χ3v) is 3.48. The zero-order chi connectivity index (χ0) is 12.3. The summed E-state index contributed by atoms with van der Waals surface area (Å²) < 4.78 is 13.6. The lowest BCUT2D eigenvalue weighted by Gasteiger charge is -2.10. The second kappa shape index (κ2) is 5.61. The summed E-state index contributed by atoms with van der Waals surface area (Å²) in [5.74, 6) is -0.363. The lowest BCUT2D eigenvalue weighted by atomic mass is 10.1. The standard InChI is InChI=1S/C13H10BrClFN/c14-11(9-4-2-1-3-5-9)7-13-12(16)6-10(15)8-17-13/h1-6,8,11H,7H2. The highest BCUT2D eigenvalue weighted by molar-refractivity contribution is 9.09. The molecule has 0 N–H and O–H groups in total. The van der Waals surface area contributed by atoms with Crippen molar-refractivity contribution >= 4 is 27.5 Å². The van der Waals surface area contributed by atoms with Gasteiger partial charge in [0.15, 0.2) is 0 Å². The minimum atomic E-state index is -0.363. The lowest BCUT2D eigenvalue weighted by molar-refractivity contribution is 0.597. The summed E-state index contributed by atoms with van der Waals surface area (Å²) in [6.45, 7) is 0. The quantitative estimate of drug-likeness (QED) is 0.757. The first-order chi connectivity index (χ1) is 8.16. The van der Waals surface area contributed by atoms with Crippen molar-refractivity contribution in [1.82, 2.24) is 4.98 Å². The molecule has 0 saturated carbocycles. The number of rotatable bonds is 3. The Hall–Kier alpha value is -0.930. The molecule has 1 aromatic carbocycles. The topological polar surface area (TPSA) is 12.9 Å². The van der Waals surface area contributed by atoms with E-state index in [1.165, 1.54) is 12.3 Å². The van der Waals surface area contributed by atoms with Gasteiger partial charge in [-0.2, -0.15) is 0 Å². The smallest absolute Gasteiger partial charge is 0.146 e. The van der Waals surface area contributed by atoms with Crippen molar-refractivity contribution in [3.8, 4) is 0 Å². The van der Waals surface area contributed by atoms with Gasteiger partial charge in [0.25, 0.3) is 0 Å². The first-order valence-electron chi connectivity index (χ1n) is 5.16. The summed E-state index contributed by atoms with van der Waals surface area (Å²) in [6, 6.07) is 11.1. The average Bonchev–Trinajstić information content (AvgIpc) is 2.34. The van der Waals surface area contributed by atoms with Crippen LogP contribution in [0.1, 0.15) is 16.1 Å². The summed E-state index contributed by atoms with van der Waals surface area (Å²) in [4.78, 5) is 4.05. The lowest BCUT2D eigenvalue weighted by Crippen LogP contribution is -2.00. The summed E-state index contributed by atoms with van der Waals surface area (Å²) in [6.07, 6.45) is 1.96. The average molecular weight is 315 g/mol. The summed E-state index contributed by atoms with van der Waals surface area (Å²) in [7, 11) is 0. The van der Waals surface area contributed by atoms with Crippen LogP contribution in [-0.4, -0.2) is 4.98 Å². The molecule has 0 aliphatic carbocycles. The van der Waals surface area contributed by atoms with Gasteiger partial charge in [0.1, 0.15) is 5.82 Å². The molecule has 4 heteroatoms. The molecule has 88 valence electrons. The minimum absolute atomic E-state index is 0.0480. The number of pyridine rings is 1. The molecule has 0 aliphatic rings. The van der Waals surface area contributed by atoms with Gasteiger partial charge in [-0.3, -0.25) is 4.98 Å². The Morgan fingerprint density at radius 3 is 2.65 bits per heavy atom. The van der Waals surface area contributed by atoms with Crippen LogP contribution in [0.5, 0.6) is 0 Å². The number of hydrogen-bond acceptors (Lipinski definition) is 1. The van der Waals surface area contributed by atoms with Gasteiger partial charge in [-0.15, -0.1) is 0 Å². The minimum Gasteiger partial charge on any atom is -0.257 e. The van der Waals surface area contributed by atoms with Crippen LogP contribution in [0, 0.1) is 5.82 Å². The number of hydrogen-bond donors (Lipinski definition) is 0. The molecule has 0 radical (unpaired) electrons. The first kappa shape index (κ1) is 12.5. The van der Waals surface area contributed by atoms with Gasteiger partial charge in [-0.05, 0) is 11.6 Å². The second-order valence-corrected chi connectivity index (χ2v) is 5.21. The molecule has 1 unspecified atom stereocenters. The molecule has 0 spiro atoms. The van der Waals surface area contributed by atoms with Crippen molar-refractivity contribution in [3.63, 3.8) is 0 Å². The highest BCUT2D eigenvalue weighted by atomic mass is 79.9. The predicted octanol–water partition coefficient (Wildman–Crippen LogP) is 4.55. The van der Waals surface area contributed by atoms with E-state index in [0.717, 1.165) is 5.56 Å². The van der Waals surface area contributed by atoms with Crippen LogP contribution in [-0.2, 0) is 6.42 Å². The summed E-state index contributed by atoms with van der Waals surface area (Å²) >= 11 is 9.19. The maximum Gasteiger partial charge on any atom is 0.146 e. The molecule has 2 rings (SSSR count). The SMILES string of the molecule is Fc1cc(Cl)cnc1CC(Br)c1ccccc1. The number of aromatic nitrogens is 1. The molecular formula is C13H10BrClFN. The van der Waals surface area contributed by atoms with E-state index in [9.17, 15) is 4.39 Å². The van der Waals surface area contributed by atoms with E-state index in [1.54, 1.807) is 0 Å². The van der Waals surface area contributed by atoms with Gasteiger partial charge in [-0.1, -0.05) is 57.9 Å². The van der Waals surface area contributed by atoms with Crippen LogP contribution >= 0.6 is 27.5 Å². The van der Waals surface area contributed by atoms with Crippen LogP contribution in [0.15, 0.2) is 42.6 Å². The third-order valence-electron chi connectivity index (χ3n) is 2.42. The fraction of sp³-hybridized carbons (Fsp3) is 0.154. The Morgan fingerprint density at radius 2 is 2.00 bits per heavy atom. The van der Waals surface area contributed by atoms with Crippen LogP contribution in [0.3, 0.4) is 0 Å². The molecule has 0 aliphatic heterocycles. The monoisotopic (exact) mass is 313 g/mol. The Labute approximate surface area is 113 Å². The van der Waals surface area contributed by atoms with Gasteiger partial charge in [0.05, 0.1) is 10.7 Å². The van der Waals surface area contributed by atoms with E-state index >= 15 is 0 Å². The molecular weight excluding hydrogens is 305 g/mol. The van der Waals surface area contributed by atoms with Gasteiger partial charge < -0.3 is 0 Å². The van der Waals surface area contributed by atoms with Crippen molar-refractivity contribution in [3.05, 3.63) is 64.7 Å². The zero-order valence-corrected chi connectivity index (χ0v) is 11.2. The molecule has 2 aromatic rings. The van der Waals surface area contributed by atoms with Gasteiger partial charge in [-0.25, -0.2) is 4.39 Å². The number of halogens is 3. The maximum absolute atomic E-state index is 13.6. The molecule has 17 heavy (non-hydrogen) atoms. The van der Waals surface area contributed by atoms with Crippen LogP contribution in [0.2, 0.25) is 5.02 Å². The van der Waals surface area contributed by atoms with Crippen molar-refractivity contribution in [2.45, 2.75) is 11.2 Å². The normalized spacial score (nSPS) is 12.4. The van der Waals surface area contributed by atoms with Crippen molar-refractivity contribution in [2.24, 2.45) is 0 Å². The summed E-state index contributed by atoms with van der Waals surface area (Å²) in [5.41, 5.74) is 1.52. The predicted molar refractivity (Wildman–Crippen MR) is 71.0 cm³/mol. The van der Waals surface area contributed by atoms with E-state index in [-0.39, 0.29) is 10.6 Å². The van der Waals surface area contributed by atoms with Gasteiger partial charge >= 0.3 is 0 Å².